The lowest BCUT2D eigenvalue weighted by Crippen LogP contribution is -2.30. The Morgan fingerprint density at radius 1 is 1.22 bits per heavy atom. The molecule has 0 spiro atoms. The monoisotopic (exact) mass is 512 g/mol. The molecule has 186 valence electrons. The highest BCUT2D eigenvalue weighted by atomic mass is 35.5. The number of halogens is 1. The van der Waals surface area contributed by atoms with Gasteiger partial charge in [0.1, 0.15) is 17.1 Å². The van der Waals surface area contributed by atoms with Crippen molar-refractivity contribution in [3.05, 3.63) is 69.2 Å². The highest BCUT2D eigenvalue weighted by molar-refractivity contribution is 6.31. The zero-order valence-electron chi connectivity index (χ0n) is 20.8. The average Bonchev–Trinajstić information content (AvgIpc) is 3.51. The molecule has 37 heavy (non-hydrogen) atoms. The molecule has 5 aromatic rings. The summed E-state index contributed by atoms with van der Waals surface area (Å²) in [5, 5.41) is 16.3. The molecule has 0 N–H and O–H groups in total. The van der Waals surface area contributed by atoms with Gasteiger partial charge in [-0.15, -0.1) is 0 Å². The van der Waals surface area contributed by atoms with Gasteiger partial charge in [0.2, 0.25) is 5.95 Å². The van der Waals surface area contributed by atoms with Crippen LogP contribution in [0.1, 0.15) is 24.0 Å². The lowest BCUT2D eigenvalue weighted by Gasteiger charge is -2.20. The molecule has 1 fully saturated rings. The van der Waals surface area contributed by atoms with Gasteiger partial charge in [-0.1, -0.05) is 11.6 Å². The molecule has 1 aromatic carbocycles. The first-order chi connectivity index (χ1) is 17.8. The second-order valence-corrected chi connectivity index (χ2v) is 10.2. The minimum Gasteiger partial charge on any atom is -0.348 e. The van der Waals surface area contributed by atoms with Gasteiger partial charge in [0.15, 0.2) is 5.65 Å². The fourth-order valence-corrected chi connectivity index (χ4v) is 5.15. The number of aryl methyl sites for hydroxylation is 1. The molecule has 4 aromatic heterocycles. The van der Waals surface area contributed by atoms with Crippen LogP contribution in [0.5, 0.6) is 0 Å². The summed E-state index contributed by atoms with van der Waals surface area (Å²) in [6.07, 6.45) is 5.92. The number of nitrogens with zero attached hydrogens (tertiary/aromatic N) is 8. The van der Waals surface area contributed by atoms with E-state index in [1.807, 2.05) is 47.8 Å². The molecule has 6 rings (SSSR count). The van der Waals surface area contributed by atoms with Crippen LogP contribution in [0.2, 0.25) is 5.02 Å². The smallest absolute Gasteiger partial charge is 0.266 e. The second kappa shape index (κ2) is 8.75. The lowest BCUT2D eigenvalue weighted by atomic mass is 10.1. The first kappa shape index (κ1) is 23.3. The van der Waals surface area contributed by atoms with E-state index >= 15 is 0 Å². The van der Waals surface area contributed by atoms with Gasteiger partial charge in [0, 0.05) is 50.5 Å². The number of pyridine rings is 1. The summed E-state index contributed by atoms with van der Waals surface area (Å²) >= 11 is 6.31. The van der Waals surface area contributed by atoms with E-state index in [4.69, 9.17) is 21.7 Å². The molecule has 1 aliphatic carbocycles. The Hall–Kier alpha value is -4.16. The van der Waals surface area contributed by atoms with Crippen LogP contribution in [0.4, 0.5) is 5.95 Å². The normalized spacial score (nSPS) is 13.4. The highest BCUT2D eigenvalue weighted by Gasteiger charge is 2.27. The number of benzene rings is 1. The Bertz CT molecular complexity index is 1790. The summed E-state index contributed by atoms with van der Waals surface area (Å²) in [4.78, 5) is 25.1. The van der Waals surface area contributed by atoms with Crippen molar-refractivity contribution in [1.29, 1.82) is 5.26 Å². The number of hydrogen-bond acceptors (Lipinski definition) is 6. The minimum absolute atomic E-state index is 0.175. The summed E-state index contributed by atoms with van der Waals surface area (Å²) < 4.78 is 5.24. The summed E-state index contributed by atoms with van der Waals surface area (Å²) in [6.45, 7) is 1.22. The van der Waals surface area contributed by atoms with Crippen molar-refractivity contribution in [3.8, 4) is 17.5 Å². The Morgan fingerprint density at radius 3 is 2.76 bits per heavy atom. The van der Waals surface area contributed by atoms with Crippen molar-refractivity contribution >= 4 is 39.5 Å². The number of fused-ring (bicyclic) bond motifs is 2. The summed E-state index contributed by atoms with van der Waals surface area (Å²) in [5.74, 6) is 1.23. The highest BCUT2D eigenvalue weighted by Crippen LogP contribution is 2.32. The average molecular weight is 513 g/mol. The van der Waals surface area contributed by atoms with Crippen molar-refractivity contribution < 1.29 is 0 Å². The Morgan fingerprint density at radius 2 is 2.03 bits per heavy atom. The van der Waals surface area contributed by atoms with Gasteiger partial charge in [-0.2, -0.15) is 15.3 Å². The maximum Gasteiger partial charge on any atom is 0.266 e. The van der Waals surface area contributed by atoms with E-state index < -0.39 is 0 Å². The van der Waals surface area contributed by atoms with Crippen molar-refractivity contribution in [3.63, 3.8) is 0 Å². The molecule has 9 nitrogen and oxygen atoms in total. The van der Waals surface area contributed by atoms with Gasteiger partial charge < -0.3 is 9.47 Å². The molecule has 0 bridgehead atoms. The number of hydrogen-bond donors (Lipinski definition) is 0. The molecule has 0 radical (unpaired) electrons. The Labute approximate surface area is 218 Å². The quantitative estimate of drug-likeness (QED) is 0.340. The zero-order valence-corrected chi connectivity index (χ0v) is 21.6. The van der Waals surface area contributed by atoms with Crippen LogP contribution in [0.3, 0.4) is 0 Å². The molecule has 0 saturated heterocycles. The largest absolute Gasteiger partial charge is 0.348 e. The maximum absolute atomic E-state index is 13.8. The standard InChI is InChI=1S/C27H25ClN8O/c1-33-14-17(12-29)10-22(33)24-23-25(31-27(35(3)26(23)37)34(2)13-16-4-5-16)32-36(24)15-18-8-9-30-21-7-6-19(28)11-20(18)21/h6-11,14,16H,4-5,13,15H2,1-3H3. The van der Waals surface area contributed by atoms with Gasteiger partial charge in [0.25, 0.3) is 5.56 Å². The van der Waals surface area contributed by atoms with E-state index in [-0.39, 0.29) is 5.56 Å². The molecule has 0 unspecified atom stereocenters. The Kier molecular flexibility index (Phi) is 5.50. The van der Waals surface area contributed by atoms with Crippen molar-refractivity contribution in [2.45, 2.75) is 19.4 Å². The zero-order chi connectivity index (χ0) is 25.8. The summed E-state index contributed by atoms with van der Waals surface area (Å²) in [6, 6.07) is 11.5. The van der Waals surface area contributed by atoms with Crippen molar-refractivity contribution in [1.82, 2.24) is 28.9 Å². The van der Waals surface area contributed by atoms with Gasteiger partial charge in [0.05, 0.1) is 23.3 Å². The minimum atomic E-state index is -0.175. The van der Waals surface area contributed by atoms with Crippen LogP contribution in [0, 0.1) is 17.2 Å². The summed E-state index contributed by atoms with van der Waals surface area (Å²) in [5.41, 5.74) is 3.83. The summed E-state index contributed by atoms with van der Waals surface area (Å²) in [7, 11) is 5.57. The van der Waals surface area contributed by atoms with E-state index in [1.165, 1.54) is 12.8 Å². The van der Waals surface area contributed by atoms with Gasteiger partial charge in [-0.05, 0) is 54.7 Å². The van der Waals surface area contributed by atoms with Gasteiger partial charge in [-0.3, -0.25) is 19.0 Å². The second-order valence-electron chi connectivity index (χ2n) is 9.77. The molecular formula is C27H25ClN8O. The third kappa shape index (κ3) is 4.03. The van der Waals surface area contributed by atoms with Gasteiger partial charge in [-0.25, -0.2) is 0 Å². The number of aromatic nitrogens is 6. The third-order valence-electron chi connectivity index (χ3n) is 7.02. The van der Waals surface area contributed by atoms with Crippen LogP contribution in [-0.2, 0) is 20.6 Å². The predicted molar refractivity (Wildman–Crippen MR) is 144 cm³/mol. The topological polar surface area (TPSA) is 97.6 Å². The third-order valence-corrected chi connectivity index (χ3v) is 7.25. The predicted octanol–water partition coefficient (Wildman–Crippen LogP) is 4.10. The Balaban J connectivity index is 1.58. The van der Waals surface area contributed by atoms with Crippen LogP contribution < -0.4 is 10.5 Å². The molecule has 4 heterocycles. The van der Waals surface area contributed by atoms with Crippen molar-refractivity contribution in [2.75, 3.05) is 18.5 Å². The SMILES string of the molecule is CN(CC1CC1)c1nc2nn(Cc3ccnc4ccc(Cl)cc34)c(-c3cc(C#N)cn3C)c2c(=O)n1C. The number of anilines is 1. The van der Waals surface area contributed by atoms with Crippen LogP contribution in [0.25, 0.3) is 33.3 Å². The lowest BCUT2D eigenvalue weighted by molar-refractivity contribution is 0.695. The van der Waals surface area contributed by atoms with Crippen molar-refractivity contribution in [2.24, 2.45) is 20.0 Å². The van der Waals surface area contributed by atoms with E-state index in [2.05, 4.69) is 11.1 Å². The molecule has 10 heteroatoms. The fraction of sp³-hybridized carbons (Fsp3) is 0.296. The molecular weight excluding hydrogens is 488 g/mol. The van der Waals surface area contributed by atoms with Crippen LogP contribution >= 0.6 is 11.6 Å². The molecule has 0 atom stereocenters. The fourth-order valence-electron chi connectivity index (χ4n) is 4.97. The van der Waals surface area contributed by atoms with E-state index in [9.17, 15) is 10.1 Å². The first-order valence-corrected chi connectivity index (χ1v) is 12.5. The van der Waals surface area contributed by atoms with Gasteiger partial charge >= 0.3 is 0 Å². The number of nitriles is 1. The first-order valence-electron chi connectivity index (χ1n) is 12.1. The molecule has 1 aliphatic rings. The molecule has 1 saturated carbocycles. The van der Waals surface area contributed by atoms with Crippen LogP contribution in [0.15, 0.2) is 47.5 Å². The number of rotatable bonds is 6. The maximum atomic E-state index is 13.8. The molecule has 0 amide bonds. The molecule has 0 aliphatic heterocycles. The van der Waals surface area contributed by atoms with Crippen LogP contribution in [-0.4, -0.2) is 42.5 Å². The van der Waals surface area contributed by atoms with E-state index in [0.717, 1.165) is 23.0 Å². The van der Waals surface area contributed by atoms with E-state index in [0.29, 0.717) is 51.4 Å². The van der Waals surface area contributed by atoms with E-state index in [1.54, 1.807) is 34.8 Å².